The van der Waals surface area contributed by atoms with Gasteiger partial charge in [0.1, 0.15) is 5.82 Å². The highest BCUT2D eigenvalue weighted by Gasteiger charge is 2.15. The van der Waals surface area contributed by atoms with Crippen molar-refractivity contribution in [3.8, 4) is 0 Å². The number of aliphatic hydroxyl groups is 1. The highest BCUT2D eigenvalue weighted by Crippen LogP contribution is 2.22. The van der Waals surface area contributed by atoms with Gasteiger partial charge in [-0.3, -0.25) is 0 Å². The summed E-state index contributed by atoms with van der Waals surface area (Å²) in [6.45, 7) is 5.08. The van der Waals surface area contributed by atoms with Crippen molar-refractivity contribution in [2.45, 2.75) is 33.0 Å². The number of hydrogen-bond acceptors (Lipinski definition) is 3. The van der Waals surface area contributed by atoms with E-state index in [0.717, 1.165) is 17.9 Å². The zero-order valence-electron chi connectivity index (χ0n) is 11.5. The summed E-state index contributed by atoms with van der Waals surface area (Å²) in [6, 6.07) is 14.4. The third kappa shape index (κ3) is 3.32. The Kier molecular flexibility index (Phi) is 4.53. The average Bonchev–Trinajstić information content (AvgIpc) is 2.45. The molecule has 19 heavy (non-hydrogen) atoms. The van der Waals surface area contributed by atoms with Crippen LogP contribution in [0.25, 0.3) is 0 Å². The van der Waals surface area contributed by atoms with Crippen LogP contribution >= 0.6 is 0 Å². The average molecular weight is 256 g/mol. The molecule has 0 aliphatic heterocycles. The van der Waals surface area contributed by atoms with Crippen LogP contribution in [0.4, 0.5) is 5.82 Å². The van der Waals surface area contributed by atoms with Crippen molar-refractivity contribution in [1.29, 1.82) is 0 Å². The molecule has 0 fully saturated rings. The van der Waals surface area contributed by atoms with Gasteiger partial charge in [-0.25, -0.2) is 4.98 Å². The molecule has 1 aromatic heterocycles. The molecule has 0 amide bonds. The summed E-state index contributed by atoms with van der Waals surface area (Å²) in [5.41, 5.74) is 2.11. The van der Waals surface area contributed by atoms with E-state index < -0.39 is 0 Å². The van der Waals surface area contributed by atoms with Gasteiger partial charge in [-0.15, -0.1) is 0 Å². The highest BCUT2D eigenvalue weighted by molar-refractivity contribution is 5.47. The minimum absolute atomic E-state index is 0.0151. The molecule has 1 aromatic carbocycles. The molecule has 1 N–H and O–H groups in total. The predicted molar refractivity (Wildman–Crippen MR) is 77.9 cm³/mol. The van der Waals surface area contributed by atoms with Crippen LogP contribution in [0, 0.1) is 0 Å². The standard InChI is InChI=1S/C16H20N2O/c1-13(2)18(11-14-7-4-3-5-8-14)16-15(12-19)9-6-10-17-16/h3-10,13,19H,11-12H2,1-2H3. The smallest absolute Gasteiger partial charge is 0.134 e. The maximum atomic E-state index is 9.45. The first-order valence-corrected chi connectivity index (χ1v) is 6.57. The van der Waals surface area contributed by atoms with Crippen LogP contribution in [0.2, 0.25) is 0 Å². The van der Waals surface area contributed by atoms with Gasteiger partial charge in [0.25, 0.3) is 0 Å². The van der Waals surface area contributed by atoms with E-state index >= 15 is 0 Å². The van der Waals surface area contributed by atoms with E-state index in [1.807, 2.05) is 30.3 Å². The first-order chi connectivity index (χ1) is 9.22. The molecule has 2 rings (SSSR count). The van der Waals surface area contributed by atoms with E-state index in [1.54, 1.807) is 6.20 Å². The largest absolute Gasteiger partial charge is 0.392 e. The molecule has 0 saturated carbocycles. The number of benzene rings is 1. The number of aromatic nitrogens is 1. The van der Waals surface area contributed by atoms with Crippen molar-refractivity contribution in [2.75, 3.05) is 4.90 Å². The molecule has 0 spiro atoms. The minimum atomic E-state index is 0.0151. The number of nitrogens with zero attached hydrogens (tertiary/aromatic N) is 2. The molecule has 0 bridgehead atoms. The fraction of sp³-hybridized carbons (Fsp3) is 0.312. The third-order valence-electron chi connectivity index (χ3n) is 3.13. The molecule has 3 nitrogen and oxygen atoms in total. The van der Waals surface area contributed by atoms with Crippen LogP contribution in [0.3, 0.4) is 0 Å². The molecule has 0 saturated heterocycles. The van der Waals surface area contributed by atoms with Crippen LogP contribution in [0.5, 0.6) is 0 Å². The monoisotopic (exact) mass is 256 g/mol. The van der Waals surface area contributed by atoms with Gasteiger partial charge in [-0.05, 0) is 25.5 Å². The quantitative estimate of drug-likeness (QED) is 0.893. The van der Waals surface area contributed by atoms with Crippen molar-refractivity contribution in [3.63, 3.8) is 0 Å². The fourth-order valence-electron chi connectivity index (χ4n) is 2.09. The van der Waals surface area contributed by atoms with E-state index in [1.165, 1.54) is 5.56 Å². The summed E-state index contributed by atoms with van der Waals surface area (Å²) >= 11 is 0. The summed E-state index contributed by atoms with van der Waals surface area (Å²) in [5.74, 6) is 0.865. The van der Waals surface area contributed by atoms with E-state index in [9.17, 15) is 5.11 Å². The second kappa shape index (κ2) is 6.34. The van der Waals surface area contributed by atoms with Crippen LogP contribution in [-0.4, -0.2) is 16.1 Å². The number of pyridine rings is 1. The van der Waals surface area contributed by atoms with Crippen LogP contribution < -0.4 is 4.90 Å². The zero-order valence-corrected chi connectivity index (χ0v) is 11.5. The highest BCUT2D eigenvalue weighted by atomic mass is 16.3. The molecular formula is C16H20N2O. The lowest BCUT2D eigenvalue weighted by Gasteiger charge is -2.29. The number of aliphatic hydroxyl groups excluding tert-OH is 1. The Morgan fingerprint density at radius 1 is 1.11 bits per heavy atom. The van der Waals surface area contributed by atoms with Gasteiger partial charge >= 0.3 is 0 Å². The first kappa shape index (κ1) is 13.6. The van der Waals surface area contributed by atoms with Gasteiger partial charge in [0, 0.05) is 24.3 Å². The fourth-order valence-corrected chi connectivity index (χ4v) is 2.09. The van der Waals surface area contributed by atoms with E-state index in [0.29, 0.717) is 6.04 Å². The van der Waals surface area contributed by atoms with Crippen LogP contribution in [-0.2, 0) is 13.2 Å². The second-order valence-corrected chi connectivity index (χ2v) is 4.85. The normalized spacial score (nSPS) is 10.7. The predicted octanol–water partition coefficient (Wildman–Crippen LogP) is 2.99. The number of rotatable bonds is 5. The molecule has 2 aromatic rings. The molecule has 0 aliphatic rings. The SMILES string of the molecule is CC(C)N(Cc1ccccc1)c1ncccc1CO. The molecule has 0 radical (unpaired) electrons. The summed E-state index contributed by atoms with van der Waals surface area (Å²) in [7, 11) is 0. The summed E-state index contributed by atoms with van der Waals surface area (Å²) in [5, 5.41) is 9.45. The molecule has 0 unspecified atom stereocenters. The first-order valence-electron chi connectivity index (χ1n) is 6.57. The van der Waals surface area contributed by atoms with E-state index in [4.69, 9.17) is 0 Å². The Balaban J connectivity index is 2.30. The van der Waals surface area contributed by atoms with Crippen LogP contribution in [0.1, 0.15) is 25.0 Å². The van der Waals surface area contributed by atoms with Gasteiger partial charge in [-0.1, -0.05) is 36.4 Å². The molecule has 0 aliphatic carbocycles. The summed E-state index contributed by atoms with van der Waals surface area (Å²) in [6.07, 6.45) is 1.77. The lowest BCUT2D eigenvalue weighted by molar-refractivity contribution is 0.281. The topological polar surface area (TPSA) is 36.4 Å². The lowest BCUT2D eigenvalue weighted by atomic mass is 10.1. The maximum absolute atomic E-state index is 9.45. The second-order valence-electron chi connectivity index (χ2n) is 4.85. The molecule has 1 heterocycles. The molecular weight excluding hydrogens is 236 g/mol. The van der Waals surface area contributed by atoms with Gasteiger partial charge in [-0.2, -0.15) is 0 Å². The summed E-state index contributed by atoms with van der Waals surface area (Å²) in [4.78, 5) is 6.64. The zero-order chi connectivity index (χ0) is 13.7. The van der Waals surface area contributed by atoms with Crippen molar-refractivity contribution < 1.29 is 5.11 Å². The summed E-state index contributed by atoms with van der Waals surface area (Å²) < 4.78 is 0. The van der Waals surface area contributed by atoms with Crippen molar-refractivity contribution in [3.05, 3.63) is 59.8 Å². The van der Waals surface area contributed by atoms with Crippen molar-refractivity contribution >= 4 is 5.82 Å². The minimum Gasteiger partial charge on any atom is -0.392 e. The van der Waals surface area contributed by atoms with Gasteiger partial charge in [0.05, 0.1) is 6.61 Å². The Morgan fingerprint density at radius 3 is 2.47 bits per heavy atom. The van der Waals surface area contributed by atoms with E-state index in [2.05, 4.69) is 35.9 Å². The molecule has 0 atom stereocenters. The van der Waals surface area contributed by atoms with E-state index in [-0.39, 0.29) is 6.61 Å². The number of hydrogen-bond donors (Lipinski definition) is 1. The Bertz CT molecular complexity index is 511. The molecule has 3 heteroatoms. The van der Waals surface area contributed by atoms with Crippen molar-refractivity contribution in [2.24, 2.45) is 0 Å². The molecule has 100 valence electrons. The Labute approximate surface area is 114 Å². The Morgan fingerprint density at radius 2 is 1.84 bits per heavy atom. The van der Waals surface area contributed by atoms with Gasteiger partial charge < -0.3 is 10.0 Å². The van der Waals surface area contributed by atoms with Crippen LogP contribution in [0.15, 0.2) is 48.7 Å². The lowest BCUT2D eigenvalue weighted by Crippen LogP contribution is -2.31. The van der Waals surface area contributed by atoms with Gasteiger partial charge in [0.15, 0.2) is 0 Å². The van der Waals surface area contributed by atoms with Gasteiger partial charge in [0.2, 0.25) is 0 Å². The number of anilines is 1. The Hall–Kier alpha value is -1.87. The maximum Gasteiger partial charge on any atom is 0.134 e. The van der Waals surface area contributed by atoms with Crippen molar-refractivity contribution in [1.82, 2.24) is 4.98 Å². The third-order valence-corrected chi connectivity index (χ3v) is 3.13.